The molecular weight excluding hydrogens is 50.8 g/mol. The summed E-state index contributed by atoms with van der Waals surface area (Å²) in [6.45, 7) is 0.995. The van der Waals surface area contributed by atoms with Crippen molar-refractivity contribution >= 4 is 8.01 Å². The average molecular weight is 58.9 g/mol. The van der Waals surface area contributed by atoms with Crippen molar-refractivity contribution in [2.24, 2.45) is 0 Å². The van der Waals surface area contributed by atoms with Crippen LogP contribution in [0.15, 0.2) is 12.8 Å². The second-order valence-corrected chi connectivity index (χ2v) is 0.303. The second kappa shape index (κ2) is 2.60. The molecule has 0 saturated heterocycles. The van der Waals surface area contributed by atoms with Gasteiger partial charge in [-0.15, -0.1) is 0 Å². The Balaban J connectivity index is 2.66. The molecule has 0 N–H and O–H groups in total. The SMILES string of the molecule is [2H]/C=C/OB[3H]. The maximum absolute atomic E-state index is 6.35. The van der Waals surface area contributed by atoms with E-state index in [1.165, 1.54) is 0 Å². The van der Waals surface area contributed by atoms with Gasteiger partial charge in [-0.1, -0.05) is 6.55 Å². The molecular formula is C2H5BO. The predicted octanol–water partition coefficient (Wildman–Crippen LogP) is -0.305. The maximum atomic E-state index is 6.35. The van der Waals surface area contributed by atoms with Crippen LogP contribution in [0.25, 0.3) is 0 Å². The molecule has 0 aromatic carbocycles. The Morgan fingerprint density at radius 3 is 4.25 bits per heavy atom. The van der Waals surface area contributed by atoms with Crippen molar-refractivity contribution < 1.29 is 6.03 Å². The molecule has 0 saturated carbocycles. The predicted molar refractivity (Wildman–Crippen MR) is 19.8 cm³/mol. The molecule has 0 aromatic heterocycles. The Kier molecular flexibility index (Phi) is 0.751. The van der Waals surface area contributed by atoms with Crippen molar-refractivity contribution in [1.82, 2.24) is 0 Å². The van der Waals surface area contributed by atoms with Crippen molar-refractivity contribution in [3.63, 3.8) is 0 Å². The zero-order chi connectivity index (χ0) is 4.83. The summed E-state index contributed by atoms with van der Waals surface area (Å²) in [5, 5.41) is 0. The van der Waals surface area contributed by atoms with Gasteiger partial charge in [-0.25, -0.2) is 0 Å². The maximum Gasteiger partial charge on any atom is 0.321 e. The van der Waals surface area contributed by atoms with Crippen LogP contribution in [0.1, 0.15) is 1.37 Å². The summed E-state index contributed by atoms with van der Waals surface area (Å²) in [4.78, 5) is 0. The topological polar surface area (TPSA) is 9.23 Å². The highest BCUT2D eigenvalue weighted by molar-refractivity contribution is 5.98. The molecule has 0 heterocycles. The van der Waals surface area contributed by atoms with Crippen molar-refractivity contribution in [3.05, 3.63) is 12.8 Å². The van der Waals surface area contributed by atoms with Gasteiger partial charge in [0.15, 0.2) is 0 Å². The van der Waals surface area contributed by atoms with Gasteiger partial charge in [0.1, 0.15) is 0 Å². The minimum absolute atomic E-state index is 0.102. The van der Waals surface area contributed by atoms with Crippen molar-refractivity contribution in [2.75, 3.05) is 0 Å². The summed E-state index contributed by atoms with van der Waals surface area (Å²) in [5.41, 5.74) is 0. The van der Waals surface area contributed by atoms with E-state index < -0.39 is 0 Å². The molecule has 0 aliphatic heterocycles. The minimum atomic E-state index is -0.102. The third-order valence-corrected chi connectivity index (χ3v) is 0.0962. The lowest BCUT2D eigenvalue weighted by atomic mass is 10.6. The molecule has 0 spiro atoms. The quantitative estimate of drug-likeness (QED) is 0.313. The zero-order valence-electron chi connectivity index (χ0n) is 4.27. The summed E-state index contributed by atoms with van der Waals surface area (Å²) in [5.74, 6) is 0. The van der Waals surface area contributed by atoms with Gasteiger partial charge in [-0.3, -0.25) is 0 Å². The van der Waals surface area contributed by atoms with Gasteiger partial charge in [0.25, 0.3) is 0 Å². The van der Waals surface area contributed by atoms with Gasteiger partial charge in [0.2, 0.25) is 0 Å². The van der Waals surface area contributed by atoms with Crippen LogP contribution in [0.4, 0.5) is 0 Å². The fourth-order valence-electron chi connectivity index (χ4n) is 0. The van der Waals surface area contributed by atoms with Crippen LogP contribution in [-0.4, -0.2) is 9.35 Å². The highest BCUT2D eigenvalue weighted by atomic mass is 16.4. The van der Waals surface area contributed by atoms with Crippen LogP contribution in [0.5, 0.6) is 0 Å². The second-order valence-electron chi connectivity index (χ2n) is 0.303. The molecule has 4 heavy (non-hydrogen) atoms. The van der Waals surface area contributed by atoms with Gasteiger partial charge in [0, 0.05) is 1.34 Å². The van der Waals surface area contributed by atoms with Gasteiger partial charge < -0.3 is 4.65 Å². The Hall–Kier alpha value is -0.395. The van der Waals surface area contributed by atoms with Crippen LogP contribution in [0.3, 0.4) is 0 Å². The molecule has 0 amide bonds. The fraction of sp³-hybridized carbons (Fsp3) is 0. The molecule has 0 aliphatic carbocycles. The molecule has 0 atom stereocenters. The van der Waals surface area contributed by atoms with E-state index in [0.717, 1.165) is 12.8 Å². The van der Waals surface area contributed by atoms with Crippen LogP contribution in [-0.2, 0) is 4.65 Å². The standard InChI is InChI=1S/C2H5BO/c1-2-4-3/h2H,1,3H2/i1D,3T/b2-1+. The summed E-state index contributed by atoms with van der Waals surface area (Å²) >= 11 is 0. The first kappa shape index (κ1) is 1.15. The van der Waals surface area contributed by atoms with Crippen molar-refractivity contribution in [2.45, 2.75) is 0 Å². The lowest BCUT2D eigenvalue weighted by Gasteiger charge is -1.73. The summed E-state index contributed by atoms with van der Waals surface area (Å²) in [6, 6.07) is 0. The minimum Gasteiger partial charge on any atom is -0.573 e. The van der Waals surface area contributed by atoms with Crippen LogP contribution in [0, 0.1) is 0 Å². The van der Waals surface area contributed by atoms with E-state index in [0.29, 0.717) is 0 Å². The highest BCUT2D eigenvalue weighted by Crippen LogP contribution is 1.50. The zero-order valence-corrected chi connectivity index (χ0v) is 2.27. The fourth-order valence-corrected chi connectivity index (χ4v) is 0. The van der Waals surface area contributed by atoms with Gasteiger partial charge in [-0.2, -0.15) is 0 Å². The van der Waals surface area contributed by atoms with Crippen LogP contribution in [0.2, 0.25) is 0 Å². The Labute approximate surface area is 29.5 Å². The first-order valence-corrected chi connectivity index (χ1v) is 0.858. The Morgan fingerprint density at radius 2 is 4.00 bits per heavy atom. The summed E-state index contributed by atoms with van der Waals surface area (Å²) in [7, 11) is -0.102. The number of hydrogen-bond acceptors (Lipinski definition) is 1. The van der Waals surface area contributed by atoms with E-state index in [1.807, 2.05) is 0 Å². The third-order valence-electron chi connectivity index (χ3n) is 0.0962. The molecule has 1 nitrogen and oxygen atoms in total. The van der Waals surface area contributed by atoms with E-state index in [-0.39, 0.29) is 8.01 Å². The summed E-state index contributed by atoms with van der Waals surface area (Å²) in [6.07, 6.45) is 1.16. The first-order valence-electron chi connectivity index (χ1n) is 2.14. The molecule has 0 radical (unpaired) electrons. The third kappa shape index (κ3) is 1.60. The van der Waals surface area contributed by atoms with Crippen molar-refractivity contribution in [1.29, 1.82) is 1.34 Å². The van der Waals surface area contributed by atoms with E-state index >= 15 is 0 Å². The van der Waals surface area contributed by atoms with Crippen LogP contribution < -0.4 is 0 Å². The molecule has 0 aromatic rings. The molecule has 0 rings (SSSR count). The van der Waals surface area contributed by atoms with Crippen molar-refractivity contribution in [3.8, 4) is 0 Å². The molecule has 0 aliphatic rings. The van der Waals surface area contributed by atoms with Crippen LogP contribution >= 0.6 is 0 Å². The monoisotopic (exact) mass is 59.1 g/mol. The smallest absolute Gasteiger partial charge is 0.321 e. The van der Waals surface area contributed by atoms with E-state index in [4.69, 9.17) is 2.71 Å². The van der Waals surface area contributed by atoms with Gasteiger partial charge >= 0.3 is 8.01 Å². The molecule has 0 bridgehead atoms. The highest BCUT2D eigenvalue weighted by Gasteiger charge is 1.38. The largest absolute Gasteiger partial charge is 0.573 e. The lowest BCUT2D eigenvalue weighted by Crippen LogP contribution is -1.59. The normalized spacial score (nSPS) is 14.0. The Morgan fingerprint density at radius 1 is 3.00 bits per heavy atom. The lowest BCUT2D eigenvalue weighted by molar-refractivity contribution is 0.537. The number of rotatable bonds is 2. The average Bonchev–Trinajstić information content (AvgIpc) is 1.61. The molecule has 22 valence electrons. The molecule has 0 unspecified atom stereocenters. The van der Waals surface area contributed by atoms with Gasteiger partial charge in [-0.05, 0) is 0 Å². The van der Waals surface area contributed by atoms with E-state index in [9.17, 15) is 0 Å². The number of hydrogen-bond donors (Lipinski definition) is 0. The Bertz CT molecular complexity index is 46.8. The van der Waals surface area contributed by atoms with E-state index in [2.05, 4.69) is 4.65 Å². The van der Waals surface area contributed by atoms with E-state index in [1.54, 1.807) is 0 Å². The molecule has 2 heteroatoms. The first-order chi connectivity index (χ1) is 2.91. The molecule has 0 fully saturated rings. The summed E-state index contributed by atoms with van der Waals surface area (Å²) < 4.78 is 16.9. The van der Waals surface area contributed by atoms with Gasteiger partial charge in [0.05, 0.1) is 7.63 Å².